The molecule has 0 spiro atoms. The fourth-order valence-electron chi connectivity index (χ4n) is 3.27. The highest BCUT2D eigenvalue weighted by molar-refractivity contribution is 5.79. The molecule has 2 aliphatic rings. The van der Waals surface area contributed by atoms with Crippen molar-refractivity contribution in [2.75, 3.05) is 13.1 Å². The number of nitrogens with zero attached hydrogens (tertiary/aromatic N) is 3. The third kappa shape index (κ3) is 3.77. The highest BCUT2D eigenvalue weighted by Gasteiger charge is 2.38. The number of hydrogen-bond acceptors (Lipinski definition) is 5. The second kappa shape index (κ2) is 6.86. The lowest BCUT2D eigenvalue weighted by Gasteiger charge is -2.29. The van der Waals surface area contributed by atoms with E-state index in [2.05, 4.69) is 14.7 Å². The minimum atomic E-state index is -4.67. The number of alkyl halides is 3. The van der Waals surface area contributed by atoms with Gasteiger partial charge in [0.2, 0.25) is 11.7 Å². The van der Waals surface area contributed by atoms with E-state index in [0.717, 1.165) is 25.7 Å². The molecule has 4 rings (SSSR count). The maximum absolute atomic E-state index is 12.5. The largest absolute Gasteiger partial charge is 0.489 e. The zero-order chi connectivity index (χ0) is 19.0. The molecule has 0 bridgehead atoms. The summed E-state index contributed by atoms with van der Waals surface area (Å²) in [5.41, 5.74) is 0.398. The molecule has 1 aliphatic heterocycles. The van der Waals surface area contributed by atoms with Crippen molar-refractivity contribution in [1.82, 2.24) is 15.0 Å². The van der Waals surface area contributed by atoms with Crippen molar-refractivity contribution < 1.29 is 27.2 Å². The van der Waals surface area contributed by atoms with Crippen LogP contribution in [0.5, 0.6) is 5.75 Å². The predicted molar refractivity (Wildman–Crippen MR) is 87.7 cm³/mol. The maximum atomic E-state index is 12.5. The summed E-state index contributed by atoms with van der Waals surface area (Å²) in [4.78, 5) is 17.5. The van der Waals surface area contributed by atoms with Crippen molar-refractivity contribution >= 4 is 5.91 Å². The summed E-state index contributed by atoms with van der Waals surface area (Å²) in [5, 5.41) is 3.35. The van der Waals surface area contributed by atoms with E-state index in [1.165, 1.54) is 0 Å². The van der Waals surface area contributed by atoms with Gasteiger partial charge in [-0.15, -0.1) is 0 Å². The van der Waals surface area contributed by atoms with E-state index in [-0.39, 0.29) is 23.8 Å². The highest BCUT2D eigenvalue weighted by Crippen LogP contribution is 2.31. The number of carbonyl (C=O) groups is 1. The quantitative estimate of drug-likeness (QED) is 0.810. The minimum absolute atomic E-state index is 0.0816. The molecule has 9 heteroatoms. The normalized spacial score (nSPS) is 20.6. The molecular weight excluding hydrogens is 363 g/mol. The number of hydrogen-bond donors (Lipinski definition) is 0. The molecule has 0 unspecified atom stereocenters. The molecule has 2 heterocycles. The van der Waals surface area contributed by atoms with Crippen molar-refractivity contribution in [2.45, 2.75) is 38.0 Å². The third-order valence-electron chi connectivity index (χ3n) is 4.99. The minimum Gasteiger partial charge on any atom is -0.489 e. The number of rotatable bonds is 4. The lowest BCUT2D eigenvalue weighted by molar-refractivity contribution is -0.159. The Balaban J connectivity index is 1.36. The summed E-state index contributed by atoms with van der Waals surface area (Å²) in [7, 11) is 0. The summed E-state index contributed by atoms with van der Waals surface area (Å²) in [6.45, 7) is 1.26. The summed E-state index contributed by atoms with van der Waals surface area (Å²) in [6.07, 6.45) is -0.897. The summed E-state index contributed by atoms with van der Waals surface area (Å²) in [5.74, 6) is -0.520. The van der Waals surface area contributed by atoms with Crippen LogP contribution in [-0.2, 0) is 11.0 Å². The van der Waals surface area contributed by atoms with Gasteiger partial charge in [-0.05, 0) is 37.1 Å². The van der Waals surface area contributed by atoms with Crippen LogP contribution in [0.25, 0.3) is 11.4 Å². The molecule has 27 heavy (non-hydrogen) atoms. The van der Waals surface area contributed by atoms with Gasteiger partial charge in [-0.3, -0.25) is 4.79 Å². The molecule has 2 fully saturated rings. The number of amides is 1. The van der Waals surface area contributed by atoms with Gasteiger partial charge in [0.05, 0.1) is 6.54 Å². The van der Waals surface area contributed by atoms with E-state index in [1.807, 2.05) is 4.90 Å². The Labute approximate surface area is 153 Å². The van der Waals surface area contributed by atoms with Gasteiger partial charge >= 0.3 is 12.1 Å². The second-order valence-electron chi connectivity index (χ2n) is 6.89. The monoisotopic (exact) mass is 381 g/mol. The highest BCUT2D eigenvalue weighted by atomic mass is 19.4. The average molecular weight is 381 g/mol. The third-order valence-corrected chi connectivity index (χ3v) is 4.99. The Morgan fingerprint density at radius 2 is 1.93 bits per heavy atom. The first-order valence-electron chi connectivity index (χ1n) is 8.87. The van der Waals surface area contributed by atoms with Crippen LogP contribution in [0.4, 0.5) is 13.2 Å². The molecule has 1 saturated heterocycles. The standard InChI is InChI=1S/C18H18F3N3O3/c19-18(20,21)17-22-15(23-27-17)11-4-6-13(7-5-11)26-14-8-9-24(10-14)16(25)12-2-1-3-12/h4-7,12,14H,1-3,8-10H2/t14-/m0/s1. The molecular formula is C18H18F3N3O3. The van der Waals surface area contributed by atoms with Gasteiger partial charge in [0.25, 0.3) is 0 Å². The second-order valence-corrected chi connectivity index (χ2v) is 6.89. The Bertz CT molecular complexity index is 815. The summed E-state index contributed by atoms with van der Waals surface area (Å²) in [6, 6.07) is 6.45. The van der Waals surface area contributed by atoms with Crippen molar-refractivity contribution in [2.24, 2.45) is 5.92 Å². The SMILES string of the molecule is O=C(C1CCC1)N1CC[C@H](Oc2ccc(-c3noc(C(F)(F)F)n3)cc2)C1. The number of ether oxygens (including phenoxy) is 1. The molecule has 1 aromatic carbocycles. The zero-order valence-corrected chi connectivity index (χ0v) is 14.4. The van der Waals surface area contributed by atoms with Crippen LogP contribution in [0.1, 0.15) is 31.6 Å². The zero-order valence-electron chi connectivity index (χ0n) is 14.4. The van der Waals surface area contributed by atoms with Gasteiger partial charge < -0.3 is 14.2 Å². The van der Waals surface area contributed by atoms with E-state index in [9.17, 15) is 18.0 Å². The van der Waals surface area contributed by atoms with Gasteiger partial charge in [0.1, 0.15) is 11.9 Å². The molecule has 1 aliphatic carbocycles. The Morgan fingerprint density at radius 3 is 2.52 bits per heavy atom. The van der Waals surface area contributed by atoms with Gasteiger partial charge in [0.15, 0.2) is 0 Å². The average Bonchev–Trinajstić information content (AvgIpc) is 3.23. The molecule has 1 aromatic heterocycles. The van der Waals surface area contributed by atoms with Crippen LogP contribution in [0.15, 0.2) is 28.8 Å². The van der Waals surface area contributed by atoms with Crippen LogP contribution in [-0.4, -0.2) is 40.1 Å². The van der Waals surface area contributed by atoms with Crippen LogP contribution < -0.4 is 4.74 Å². The Hall–Kier alpha value is -2.58. The first-order chi connectivity index (χ1) is 12.9. The number of halogens is 3. The van der Waals surface area contributed by atoms with E-state index >= 15 is 0 Å². The fourth-order valence-corrected chi connectivity index (χ4v) is 3.27. The van der Waals surface area contributed by atoms with E-state index < -0.39 is 12.1 Å². The molecule has 2 aromatic rings. The van der Waals surface area contributed by atoms with Crippen LogP contribution in [0, 0.1) is 5.92 Å². The first kappa shape index (κ1) is 17.8. The molecule has 0 radical (unpaired) electrons. The van der Waals surface area contributed by atoms with Crippen molar-refractivity contribution in [1.29, 1.82) is 0 Å². The maximum Gasteiger partial charge on any atom is 0.471 e. The van der Waals surface area contributed by atoms with E-state index in [0.29, 0.717) is 24.4 Å². The van der Waals surface area contributed by atoms with Crippen LogP contribution in [0.3, 0.4) is 0 Å². The molecule has 144 valence electrons. The van der Waals surface area contributed by atoms with Gasteiger partial charge in [-0.1, -0.05) is 11.6 Å². The van der Waals surface area contributed by atoms with Crippen molar-refractivity contribution in [3.05, 3.63) is 30.2 Å². The van der Waals surface area contributed by atoms with Gasteiger partial charge in [0, 0.05) is 24.4 Å². The van der Waals surface area contributed by atoms with Crippen LogP contribution in [0.2, 0.25) is 0 Å². The van der Waals surface area contributed by atoms with Gasteiger partial charge in [-0.2, -0.15) is 18.2 Å². The van der Waals surface area contributed by atoms with E-state index in [1.54, 1.807) is 24.3 Å². The van der Waals surface area contributed by atoms with Crippen LogP contribution >= 0.6 is 0 Å². The van der Waals surface area contributed by atoms with Crippen molar-refractivity contribution in [3.63, 3.8) is 0 Å². The Morgan fingerprint density at radius 1 is 1.19 bits per heavy atom. The summed E-state index contributed by atoms with van der Waals surface area (Å²) < 4.78 is 47.7. The molecule has 0 N–H and O–H groups in total. The van der Waals surface area contributed by atoms with Crippen molar-refractivity contribution in [3.8, 4) is 17.1 Å². The number of likely N-dealkylation sites (tertiary alicyclic amines) is 1. The first-order valence-corrected chi connectivity index (χ1v) is 8.87. The fraction of sp³-hybridized carbons (Fsp3) is 0.500. The van der Waals surface area contributed by atoms with E-state index in [4.69, 9.17) is 4.74 Å². The smallest absolute Gasteiger partial charge is 0.471 e. The van der Waals surface area contributed by atoms with Gasteiger partial charge in [-0.25, -0.2) is 0 Å². The molecule has 1 saturated carbocycles. The summed E-state index contributed by atoms with van der Waals surface area (Å²) >= 11 is 0. The number of carbonyl (C=O) groups excluding carboxylic acids is 1. The lowest BCUT2D eigenvalue weighted by atomic mass is 9.84. The molecule has 6 nitrogen and oxygen atoms in total. The topological polar surface area (TPSA) is 68.5 Å². The Kier molecular flexibility index (Phi) is 4.53. The predicted octanol–water partition coefficient (Wildman–Crippen LogP) is 3.54. The molecule has 1 amide bonds. The molecule has 1 atom stereocenters. The number of benzene rings is 1. The lowest BCUT2D eigenvalue weighted by Crippen LogP contribution is -2.38. The number of aromatic nitrogens is 2.